The van der Waals surface area contributed by atoms with E-state index in [1.165, 1.54) is 10.9 Å². The van der Waals surface area contributed by atoms with Gasteiger partial charge in [0.1, 0.15) is 5.69 Å². The van der Waals surface area contributed by atoms with E-state index in [2.05, 4.69) is 15.0 Å². The van der Waals surface area contributed by atoms with Crippen molar-refractivity contribution in [2.24, 2.45) is 0 Å². The number of pyridine rings is 1. The van der Waals surface area contributed by atoms with E-state index in [1.54, 1.807) is 42.4 Å². The van der Waals surface area contributed by atoms with Crippen molar-refractivity contribution >= 4 is 32.2 Å². The highest BCUT2D eigenvalue weighted by Crippen LogP contribution is 2.28. The number of aromatic nitrogens is 3. The van der Waals surface area contributed by atoms with E-state index in [4.69, 9.17) is 0 Å². The molecule has 0 atom stereocenters. The molecule has 2 aromatic carbocycles. The SMILES string of the molecule is Cc1cc(C(=O)N2CCN(c3ccncc3)CC2)n(-c2cc3ccccc3cc2S(C)(=O)=O)n1. The third kappa shape index (κ3) is 4.14. The Morgan fingerprint density at radius 1 is 0.912 bits per heavy atom. The van der Waals surface area contributed by atoms with Crippen molar-refractivity contribution < 1.29 is 13.2 Å². The number of piperazine rings is 1. The summed E-state index contributed by atoms with van der Waals surface area (Å²) in [5, 5.41) is 6.22. The second-order valence-corrected chi connectivity index (χ2v) is 10.5. The van der Waals surface area contributed by atoms with Crippen LogP contribution in [0.5, 0.6) is 0 Å². The number of amides is 1. The topological polar surface area (TPSA) is 88.4 Å². The Morgan fingerprint density at radius 3 is 2.21 bits per heavy atom. The summed E-state index contributed by atoms with van der Waals surface area (Å²) in [4.78, 5) is 21.8. The number of rotatable bonds is 4. The number of anilines is 1. The molecule has 0 aliphatic carbocycles. The first-order chi connectivity index (χ1) is 16.3. The Balaban J connectivity index is 1.50. The molecule has 0 spiro atoms. The number of fused-ring (bicyclic) bond motifs is 1. The number of nitrogens with zero attached hydrogens (tertiary/aromatic N) is 5. The van der Waals surface area contributed by atoms with E-state index in [9.17, 15) is 13.2 Å². The largest absolute Gasteiger partial charge is 0.368 e. The molecule has 1 aliphatic heterocycles. The summed E-state index contributed by atoms with van der Waals surface area (Å²) in [5.41, 5.74) is 2.46. The highest BCUT2D eigenvalue weighted by molar-refractivity contribution is 7.90. The Hall–Kier alpha value is -3.72. The van der Waals surface area contributed by atoms with Gasteiger partial charge >= 0.3 is 0 Å². The average molecular weight is 476 g/mol. The molecule has 34 heavy (non-hydrogen) atoms. The number of sulfone groups is 1. The predicted molar refractivity (Wildman–Crippen MR) is 131 cm³/mol. The zero-order chi connectivity index (χ0) is 23.9. The van der Waals surface area contributed by atoms with Crippen molar-refractivity contribution in [2.45, 2.75) is 11.8 Å². The third-order valence-corrected chi connectivity index (χ3v) is 7.23. The van der Waals surface area contributed by atoms with Crippen LogP contribution >= 0.6 is 0 Å². The minimum absolute atomic E-state index is 0.144. The summed E-state index contributed by atoms with van der Waals surface area (Å²) in [7, 11) is -3.57. The molecule has 0 saturated carbocycles. The fourth-order valence-corrected chi connectivity index (χ4v) is 5.26. The van der Waals surface area contributed by atoms with E-state index in [0.29, 0.717) is 43.3 Å². The second kappa shape index (κ2) is 8.57. The summed E-state index contributed by atoms with van der Waals surface area (Å²) < 4.78 is 26.9. The number of aryl methyl sites for hydroxylation is 1. The van der Waals surface area contributed by atoms with E-state index in [0.717, 1.165) is 16.5 Å². The lowest BCUT2D eigenvalue weighted by Crippen LogP contribution is -2.49. The van der Waals surface area contributed by atoms with Crippen LogP contribution < -0.4 is 4.90 Å². The maximum absolute atomic E-state index is 13.6. The average Bonchev–Trinajstić information content (AvgIpc) is 3.24. The Bertz CT molecular complexity index is 1470. The summed E-state index contributed by atoms with van der Waals surface area (Å²) in [6, 6.07) is 16.6. The number of benzene rings is 2. The van der Waals surface area contributed by atoms with Crippen LogP contribution in [0.25, 0.3) is 16.5 Å². The van der Waals surface area contributed by atoms with Crippen LogP contribution in [0.4, 0.5) is 5.69 Å². The molecule has 1 fully saturated rings. The predicted octanol–water partition coefficient (Wildman–Crippen LogP) is 3.09. The van der Waals surface area contributed by atoms with Crippen molar-refractivity contribution in [1.29, 1.82) is 0 Å². The lowest BCUT2D eigenvalue weighted by molar-refractivity contribution is 0.0737. The molecule has 8 nitrogen and oxygen atoms in total. The molecule has 9 heteroatoms. The van der Waals surface area contributed by atoms with Gasteiger partial charge in [-0.3, -0.25) is 9.78 Å². The van der Waals surface area contributed by atoms with Crippen LogP contribution in [0.3, 0.4) is 0 Å². The van der Waals surface area contributed by atoms with E-state index in [-0.39, 0.29) is 10.8 Å². The van der Waals surface area contributed by atoms with Gasteiger partial charge in [0.2, 0.25) is 0 Å². The van der Waals surface area contributed by atoms with Gasteiger partial charge in [0.05, 0.1) is 16.3 Å². The first kappa shape index (κ1) is 22.1. The van der Waals surface area contributed by atoms with Crippen LogP contribution in [0.15, 0.2) is 71.9 Å². The van der Waals surface area contributed by atoms with Crippen LogP contribution in [0, 0.1) is 6.92 Å². The first-order valence-corrected chi connectivity index (χ1v) is 12.9. The zero-order valence-corrected chi connectivity index (χ0v) is 19.9. The summed E-state index contributed by atoms with van der Waals surface area (Å²) >= 11 is 0. The fraction of sp³-hybridized carbons (Fsp3) is 0.240. The van der Waals surface area contributed by atoms with Crippen LogP contribution in [0.2, 0.25) is 0 Å². The molecular weight excluding hydrogens is 450 g/mol. The smallest absolute Gasteiger partial charge is 0.272 e. The van der Waals surface area contributed by atoms with Gasteiger partial charge in [-0.25, -0.2) is 13.1 Å². The Morgan fingerprint density at radius 2 is 1.56 bits per heavy atom. The van der Waals surface area contributed by atoms with Crippen molar-refractivity contribution in [3.8, 4) is 5.69 Å². The maximum Gasteiger partial charge on any atom is 0.272 e. The molecule has 0 radical (unpaired) electrons. The highest BCUT2D eigenvalue weighted by atomic mass is 32.2. The maximum atomic E-state index is 13.6. The van der Waals surface area contributed by atoms with Gasteiger partial charge in [-0.2, -0.15) is 5.10 Å². The monoisotopic (exact) mass is 475 g/mol. The minimum atomic E-state index is -3.57. The normalized spacial score (nSPS) is 14.5. The van der Waals surface area contributed by atoms with E-state index in [1.807, 2.05) is 36.4 Å². The Kier molecular flexibility index (Phi) is 5.57. The number of hydrogen-bond acceptors (Lipinski definition) is 6. The quantitative estimate of drug-likeness (QED) is 0.451. The number of carbonyl (C=O) groups excluding carboxylic acids is 1. The van der Waals surface area contributed by atoms with Gasteiger partial charge in [-0.15, -0.1) is 0 Å². The standard InChI is InChI=1S/C25H25N5O3S/c1-18-15-23(25(31)29-13-11-28(12-14-29)21-7-9-26-10-8-21)30(27-18)22-16-19-5-3-4-6-20(19)17-24(22)34(2,32)33/h3-10,15-17H,11-14H2,1-2H3. The van der Waals surface area contributed by atoms with Crippen molar-refractivity contribution in [3.63, 3.8) is 0 Å². The highest BCUT2D eigenvalue weighted by Gasteiger charge is 2.27. The molecule has 174 valence electrons. The molecule has 0 bridgehead atoms. The lowest BCUT2D eigenvalue weighted by atomic mass is 10.1. The second-order valence-electron chi connectivity index (χ2n) is 8.51. The van der Waals surface area contributed by atoms with E-state index < -0.39 is 9.84 Å². The summed E-state index contributed by atoms with van der Waals surface area (Å²) in [5.74, 6) is -0.164. The molecule has 0 unspecified atom stereocenters. The summed E-state index contributed by atoms with van der Waals surface area (Å²) in [6.45, 7) is 4.32. The van der Waals surface area contributed by atoms with E-state index >= 15 is 0 Å². The molecule has 1 saturated heterocycles. The van der Waals surface area contributed by atoms with Gasteiger partial charge in [0.15, 0.2) is 9.84 Å². The molecule has 1 amide bonds. The van der Waals surface area contributed by atoms with Gasteiger partial charge in [-0.1, -0.05) is 24.3 Å². The molecule has 1 aliphatic rings. The first-order valence-electron chi connectivity index (χ1n) is 11.1. The number of hydrogen-bond donors (Lipinski definition) is 0. The minimum Gasteiger partial charge on any atom is -0.368 e. The molecular formula is C25H25N5O3S. The molecule has 4 aromatic rings. The van der Waals surface area contributed by atoms with Crippen LogP contribution in [0.1, 0.15) is 16.2 Å². The van der Waals surface area contributed by atoms with Crippen molar-refractivity contribution in [3.05, 3.63) is 78.4 Å². The van der Waals surface area contributed by atoms with Gasteiger partial charge in [-0.05, 0) is 48.0 Å². The van der Waals surface area contributed by atoms with Gasteiger partial charge < -0.3 is 9.80 Å². The van der Waals surface area contributed by atoms with Gasteiger partial charge in [0, 0.05) is 50.5 Å². The van der Waals surface area contributed by atoms with Crippen LogP contribution in [-0.4, -0.2) is 66.4 Å². The number of carbonyl (C=O) groups is 1. The zero-order valence-electron chi connectivity index (χ0n) is 19.0. The Labute approximate surface area is 198 Å². The third-order valence-electron chi connectivity index (χ3n) is 6.10. The van der Waals surface area contributed by atoms with Crippen LogP contribution in [-0.2, 0) is 9.84 Å². The fourth-order valence-electron chi connectivity index (χ4n) is 4.39. The lowest BCUT2D eigenvalue weighted by Gasteiger charge is -2.36. The molecule has 0 N–H and O–H groups in total. The molecule has 3 heterocycles. The summed E-state index contributed by atoms with van der Waals surface area (Å²) in [6.07, 6.45) is 4.70. The van der Waals surface area contributed by atoms with Crippen molar-refractivity contribution in [1.82, 2.24) is 19.7 Å². The van der Waals surface area contributed by atoms with Gasteiger partial charge in [0.25, 0.3) is 5.91 Å². The molecule has 5 rings (SSSR count). The molecule has 2 aromatic heterocycles. The van der Waals surface area contributed by atoms with Crippen molar-refractivity contribution in [2.75, 3.05) is 37.3 Å².